The number of fused-ring (bicyclic) bond motifs is 1. The summed E-state index contributed by atoms with van der Waals surface area (Å²) in [5.74, 6) is 0.427. The highest BCUT2D eigenvalue weighted by Gasteiger charge is 2.10. The molecule has 0 unspecified atom stereocenters. The van der Waals surface area contributed by atoms with Crippen LogP contribution in [0, 0.1) is 12.7 Å². The van der Waals surface area contributed by atoms with Gasteiger partial charge in [0.1, 0.15) is 11.6 Å². The molecule has 0 aliphatic carbocycles. The van der Waals surface area contributed by atoms with Crippen molar-refractivity contribution in [1.29, 1.82) is 0 Å². The number of H-pyrrole nitrogens is 1. The number of hydrogen-bond donors (Lipinski definition) is 1. The van der Waals surface area contributed by atoms with Gasteiger partial charge >= 0.3 is 0 Å². The van der Waals surface area contributed by atoms with Gasteiger partial charge in [0.15, 0.2) is 0 Å². The van der Waals surface area contributed by atoms with Gasteiger partial charge in [-0.3, -0.25) is 0 Å². The van der Waals surface area contributed by atoms with Crippen LogP contribution in [-0.4, -0.2) is 15.0 Å². The molecule has 3 nitrogen and oxygen atoms in total. The fourth-order valence-corrected chi connectivity index (χ4v) is 2.65. The molecule has 0 saturated carbocycles. The number of nitrogens with one attached hydrogen (secondary N) is 1. The van der Waals surface area contributed by atoms with E-state index in [0.29, 0.717) is 9.99 Å². The quantitative estimate of drug-likeness (QED) is 0.740. The molecule has 0 aliphatic heterocycles. The van der Waals surface area contributed by atoms with Gasteiger partial charge in [0.2, 0.25) is 0 Å². The minimum Gasteiger partial charge on any atom is -0.337 e. The zero-order valence-electron chi connectivity index (χ0n) is 8.79. The lowest BCUT2D eigenvalue weighted by atomic mass is 10.3. The van der Waals surface area contributed by atoms with Crippen molar-refractivity contribution in [2.45, 2.75) is 6.92 Å². The van der Waals surface area contributed by atoms with Gasteiger partial charge in [-0.25, -0.2) is 14.4 Å². The second-order valence-corrected chi connectivity index (χ2v) is 5.70. The minimum absolute atomic E-state index is 0.298. The van der Waals surface area contributed by atoms with E-state index < -0.39 is 0 Å². The van der Waals surface area contributed by atoms with Crippen molar-refractivity contribution < 1.29 is 4.39 Å². The SMILES string of the molecule is Cc1ncc(-c2nc3cc(Br)c(F)cc3[nH]2)s1. The van der Waals surface area contributed by atoms with E-state index in [1.54, 1.807) is 23.6 Å². The maximum atomic E-state index is 13.4. The van der Waals surface area contributed by atoms with Crippen molar-refractivity contribution in [3.63, 3.8) is 0 Å². The van der Waals surface area contributed by atoms with E-state index >= 15 is 0 Å². The molecule has 2 aromatic heterocycles. The first kappa shape index (κ1) is 10.9. The van der Waals surface area contributed by atoms with Crippen LogP contribution in [0.15, 0.2) is 22.8 Å². The highest BCUT2D eigenvalue weighted by Crippen LogP contribution is 2.27. The number of aryl methyl sites for hydroxylation is 1. The fraction of sp³-hybridized carbons (Fsp3) is 0.0909. The van der Waals surface area contributed by atoms with E-state index in [0.717, 1.165) is 21.2 Å². The van der Waals surface area contributed by atoms with Gasteiger partial charge in [-0.1, -0.05) is 0 Å². The van der Waals surface area contributed by atoms with E-state index in [1.807, 2.05) is 6.92 Å². The van der Waals surface area contributed by atoms with Crippen molar-refractivity contribution >= 4 is 38.3 Å². The monoisotopic (exact) mass is 311 g/mol. The van der Waals surface area contributed by atoms with Crippen LogP contribution in [0.5, 0.6) is 0 Å². The molecule has 1 aromatic carbocycles. The first-order valence-corrected chi connectivity index (χ1v) is 6.52. The summed E-state index contributed by atoms with van der Waals surface area (Å²) < 4.78 is 13.8. The normalized spacial score (nSPS) is 11.2. The molecule has 0 amide bonds. The van der Waals surface area contributed by atoms with Gasteiger partial charge in [0.25, 0.3) is 0 Å². The number of rotatable bonds is 1. The van der Waals surface area contributed by atoms with E-state index in [-0.39, 0.29) is 5.82 Å². The summed E-state index contributed by atoms with van der Waals surface area (Å²) in [6.07, 6.45) is 1.77. The van der Waals surface area contributed by atoms with Crippen molar-refractivity contribution in [3.05, 3.63) is 33.6 Å². The summed E-state index contributed by atoms with van der Waals surface area (Å²) in [6, 6.07) is 3.10. The Morgan fingerprint density at radius 2 is 2.24 bits per heavy atom. The maximum absolute atomic E-state index is 13.4. The van der Waals surface area contributed by atoms with Crippen LogP contribution in [0.4, 0.5) is 4.39 Å². The van der Waals surface area contributed by atoms with Gasteiger partial charge in [-0.15, -0.1) is 11.3 Å². The number of hydrogen-bond acceptors (Lipinski definition) is 3. The second-order valence-electron chi connectivity index (χ2n) is 3.61. The lowest BCUT2D eigenvalue weighted by molar-refractivity contribution is 0.623. The molecule has 17 heavy (non-hydrogen) atoms. The molecule has 0 aliphatic rings. The van der Waals surface area contributed by atoms with Crippen molar-refractivity contribution in [2.75, 3.05) is 0 Å². The van der Waals surface area contributed by atoms with E-state index in [4.69, 9.17) is 0 Å². The second kappa shape index (κ2) is 3.89. The third kappa shape index (κ3) is 1.87. The minimum atomic E-state index is -0.298. The summed E-state index contributed by atoms with van der Waals surface area (Å²) in [4.78, 5) is 12.6. The largest absolute Gasteiger partial charge is 0.337 e. The summed E-state index contributed by atoms with van der Waals surface area (Å²) in [7, 11) is 0. The first-order chi connectivity index (χ1) is 8.13. The van der Waals surface area contributed by atoms with Crippen molar-refractivity contribution in [1.82, 2.24) is 15.0 Å². The number of aromatic nitrogens is 3. The Bertz CT molecular complexity index is 665. The Labute approximate surface area is 109 Å². The molecule has 0 saturated heterocycles. The Morgan fingerprint density at radius 1 is 1.41 bits per heavy atom. The lowest BCUT2D eigenvalue weighted by Gasteiger charge is -1.92. The van der Waals surface area contributed by atoms with Gasteiger partial charge in [0, 0.05) is 12.3 Å². The van der Waals surface area contributed by atoms with Crippen LogP contribution < -0.4 is 0 Å². The molecule has 2 heterocycles. The molecule has 0 fully saturated rings. The smallest absolute Gasteiger partial charge is 0.150 e. The Kier molecular flexibility index (Phi) is 2.48. The van der Waals surface area contributed by atoms with E-state index in [2.05, 4.69) is 30.9 Å². The van der Waals surface area contributed by atoms with Gasteiger partial charge in [-0.05, 0) is 28.9 Å². The van der Waals surface area contributed by atoms with Gasteiger partial charge in [-0.2, -0.15) is 0 Å². The lowest BCUT2D eigenvalue weighted by Crippen LogP contribution is -1.77. The van der Waals surface area contributed by atoms with Crippen LogP contribution in [0.1, 0.15) is 5.01 Å². The predicted octanol–water partition coefficient (Wildman–Crippen LogP) is 3.90. The van der Waals surface area contributed by atoms with E-state index in [1.165, 1.54) is 6.07 Å². The summed E-state index contributed by atoms with van der Waals surface area (Å²) in [5, 5.41) is 0.979. The Hall–Kier alpha value is -1.27. The zero-order valence-corrected chi connectivity index (χ0v) is 11.2. The van der Waals surface area contributed by atoms with Crippen LogP contribution in [-0.2, 0) is 0 Å². The maximum Gasteiger partial charge on any atom is 0.150 e. The average molecular weight is 312 g/mol. The molecule has 0 radical (unpaired) electrons. The molecule has 86 valence electrons. The summed E-state index contributed by atoms with van der Waals surface area (Å²) in [6.45, 7) is 1.94. The Morgan fingerprint density at radius 3 is 2.94 bits per heavy atom. The van der Waals surface area contributed by atoms with Crippen LogP contribution in [0.3, 0.4) is 0 Å². The van der Waals surface area contributed by atoms with Crippen LogP contribution >= 0.6 is 27.3 Å². The van der Waals surface area contributed by atoms with Gasteiger partial charge < -0.3 is 4.98 Å². The summed E-state index contributed by atoms with van der Waals surface area (Å²) >= 11 is 4.70. The topological polar surface area (TPSA) is 41.6 Å². The molecule has 0 bridgehead atoms. The number of halogens is 2. The van der Waals surface area contributed by atoms with Gasteiger partial charge in [0.05, 0.1) is 25.4 Å². The molecular weight excluding hydrogens is 305 g/mol. The van der Waals surface area contributed by atoms with E-state index in [9.17, 15) is 4.39 Å². The molecule has 6 heteroatoms. The summed E-state index contributed by atoms with van der Waals surface area (Å²) in [5.41, 5.74) is 1.42. The highest BCUT2D eigenvalue weighted by molar-refractivity contribution is 9.10. The fourth-order valence-electron chi connectivity index (χ4n) is 1.59. The highest BCUT2D eigenvalue weighted by atomic mass is 79.9. The molecule has 0 spiro atoms. The Balaban J connectivity index is 2.19. The number of benzene rings is 1. The predicted molar refractivity (Wildman–Crippen MR) is 69.6 cm³/mol. The number of aromatic amines is 1. The number of thiazole rings is 1. The third-order valence-electron chi connectivity index (χ3n) is 2.38. The number of imidazole rings is 1. The standard InChI is InChI=1S/C11H7BrFN3S/c1-5-14-4-10(17-5)11-15-8-2-6(12)7(13)3-9(8)16-11/h2-4H,1H3,(H,15,16). The molecule has 0 atom stereocenters. The molecule has 1 N–H and O–H groups in total. The molecule has 3 aromatic rings. The van der Waals surface area contributed by atoms with Crippen molar-refractivity contribution in [3.8, 4) is 10.7 Å². The third-order valence-corrected chi connectivity index (χ3v) is 3.91. The molecule has 3 rings (SSSR count). The first-order valence-electron chi connectivity index (χ1n) is 4.91. The number of nitrogens with zero attached hydrogens (tertiary/aromatic N) is 2. The molecular formula is C11H7BrFN3S. The zero-order chi connectivity index (χ0) is 12.0. The van der Waals surface area contributed by atoms with Crippen LogP contribution in [0.25, 0.3) is 21.7 Å². The average Bonchev–Trinajstić information content (AvgIpc) is 2.85. The van der Waals surface area contributed by atoms with Crippen molar-refractivity contribution in [2.24, 2.45) is 0 Å². The van der Waals surface area contributed by atoms with Crippen LogP contribution in [0.2, 0.25) is 0 Å².